The molecule has 0 aliphatic carbocycles. The molecule has 0 spiro atoms. The van der Waals surface area contributed by atoms with E-state index in [0.29, 0.717) is 10.6 Å². The molecule has 0 atom stereocenters. The van der Waals surface area contributed by atoms with Crippen LogP contribution in [-0.4, -0.2) is 20.5 Å². The molecule has 7 heteroatoms. The number of thioether (sulfide) groups is 1. The lowest BCUT2D eigenvalue weighted by Gasteiger charge is -2.08. The minimum Gasteiger partial charge on any atom is -0.322 e. The quantitative estimate of drug-likeness (QED) is 0.459. The van der Waals surface area contributed by atoms with Gasteiger partial charge in [-0.05, 0) is 60.5 Å². The molecular weight excluding hydrogens is 392 g/mol. The highest BCUT2D eigenvalue weighted by atomic mass is 35.5. The summed E-state index contributed by atoms with van der Waals surface area (Å²) < 4.78 is 1.96. The van der Waals surface area contributed by atoms with E-state index in [-0.39, 0.29) is 5.91 Å². The van der Waals surface area contributed by atoms with Gasteiger partial charge in [-0.25, -0.2) is 0 Å². The molecule has 0 saturated carbocycles. The second kappa shape index (κ2) is 8.04. The number of carbonyl (C=O) groups is 1. The summed E-state index contributed by atoms with van der Waals surface area (Å²) in [6, 6.07) is 18.8. The third-order valence-corrected chi connectivity index (χ3v) is 5.72. The Hall–Kier alpha value is -2.83. The van der Waals surface area contributed by atoms with Gasteiger partial charge in [-0.3, -0.25) is 9.20 Å². The van der Waals surface area contributed by atoms with Gasteiger partial charge in [0.15, 0.2) is 10.8 Å². The lowest BCUT2D eigenvalue weighted by Crippen LogP contribution is -2.11. The van der Waals surface area contributed by atoms with Gasteiger partial charge in [-0.15, -0.1) is 10.2 Å². The summed E-state index contributed by atoms with van der Waals surface area (Å²) in [5.74, 6) is 0.595. The molecule has 4 rings (SSSR count). The van der Waals surface area contributed by atoms with E-state index in [1.54, 1.807) is 23.9 Å². The molecule has 0 aliphatic heterocycles. The molecular formula is C21H17ClN4OS. The third-order valence-electron chi connectivity index (χ3n) is 4.28. The van der Waals surface area contributed by atoms with Crippen LogP contribution in [0.4, 0.5) is 5.69 Å². The van der Waals surface area contributed by atoms with Crippen molar-refractivity contribution in [3.8, 4) is 0 Å². The number of rotatable bonds is 5. The fraction of sp³-hybridized carbons (Fsp3) is 0.0952. The zero-order chi connectivity index (χ0) is 19.5. The van der Waals surface area contributed by atoms with E-state index in [9.17, 15) is 4.79 Å². The molecule has 0 bridgehead atoms. The summed E-state index contributed by atoms with van der Waals surface area (Å²) in [5, 5.41) is 12.8. The molecule has 0 aliphatic rings. The first-order valence-corrected chi connectivity index (χ1v) is 10.1. The average Bonchev–Trinajstić information content (AvgIpc) is 3.13. The molecule has 0 saturated heterocycles. The summed E-state index contributed by atoms with van der Waals surface area (Å²) >= 11 is 7.63. The molecule has 28 heavy (non-hydrogen) atoms. The number of aryl methyl sites for hydroxylation is 1. The number of nitrogens with zero attached hydrogens (tertiary/aromatic N) is 3. The lowest BCUT2D eigenvalue weighted by molar-refractivity contribution is 0.102. The summed E-state index contributed by atoms with van der Waals surface area (Å²) in [6.45, 7) is 1.91. The molecule has 140 valence electrons. The Bertz CT molecular complexity index is 1140. The van der Waals surface area contributed by atoms with Crippen molar-refractivity contribution in [2.75, 3.05) is 5.32 Å². The Morgan fingerprint density at radius 3 is 2.71 bits per heavy atom. The van der Waals surface area contributed by atoms with E-state index in [1.165, 1.54) is 0 Å². The molecule has 1 amide bonds. The number of nitrogens with one attached hydrogen (secondary N) is 1. The van der Waals surface area contributed by atoms with E-state index in [1.807, 2.05) is 66.1 Å². The van der Waals surface area contributed by atoms with Gasteiger partial charge in [-0.1, -0.05) is 41.6 Å². The van der Waals surface area contributed by atoms with E-state index in [2.05, 4.69) is 15.5 Å². The number of pyridine rings is 1. The zero-order valence-corrected chi connectivity index (χ0v) is 16.7. The molecule has 0 fully saturated rings. The Balaban J connectivity index is 1.40. The Labute approximate surface area is 171 Å². The van der Waals surface area contributed by atoms with E-state index in [0.717, 1.165) is 33.4 Å². The highest BCUT2D eigenvalue weighted by Crippen LogP contribution is 2.23. The maximum Gasteiger partial charge on any atom is 0.255 e. The second-order valence-electron chi connectivity index (χ2n) is 6.32. The van der Waals surface area contributed by atoms with Crippen LogP contribution in [0.3, 0.4) is 0 Å². The van der Waals surface area contributed by atoms with Crippen molar-refractivity contribution >= 4 is 40.6 Å². The van der Waals surface area contributed by atoms with Gasteiger partial charge in [0, 0.05) is 28.2 Å². The van der Waals surface area contributed by atoms with Crippen molar-refractivity contribution in [1.29, 1.82) is 0 Å². The van der Waals surface area contributed by atoms with Crippen LogP contribution in [0.2, 0.25) is 5.02 Å². The van der Waals surface area contributed by atoms with Crippen LogP contribution in [0.25, 0.3) is 5.65 Å². The molecule has 2 aromatic heterocycles. The van der Waals surface area contributed by atoms with Crippen molar-refractivity contribution in [3.63, 3.8) is 0 Å². The fourth-order valence-corrected chi connectivity index (χ4v) is 3.74. The fourth-order valence-electron chi connectivity index (χ4n) is 2.74. The van der Waals surface area contributed by atoms with E-state index in [4.69, 9.17) is 11.6 Å². The average molecular weight is 409 g/mol. The number of hydrogen-bond donors (Lipinski definition) is 1. The minimum atomic E-state index is -0.149. The van der Waals surface area contributed by atoms with Gasteiger partial charge in [0.2, 0.25) is 0 Å². The number of benzene rings is 2. The van der Waals surface area contributed by atoms with Crippen LogP contribution in [0.15, 0.2) is 72.0 Å². The maximum absolute atomic E-state index is 12.4. The van der Waals surface area contributed by atoms with Crippen LogP contribution >= 0.6 is 23.4 Å². The van der Waals surface area contributed by atoms with Gasteiger partial charge in [0.1, 0.15) is 0 Å². The number of aromatic nitrogens is 3. The van der Waals surface area contributed by atoms with Crippen LogP contribution in [0, 0.1) is 6.92 Å². The SMILES string of the molecule is Cc1cc(NC(=O)c2ccc(CSc3nnc4ccccn34)cc2)ccc1Cl. The number of hydrogen-bond acceptors (Lipinski definition) is 4. The van der Waals surface area contributed by atoms with Crippen LogP contribution in [-0.2, 0) is 5.75 Å². The van der Waals surface area contributed by atoms with Crippen LogP contribution in [0.1, 0.15) is 21.5 Å². The summed E-state index contributed by atoms with van der Waals surface area (Å²) in [5.41, 5.74) is 4.19. The number of fused-ring (bicyclic) bond motifs is 1. The molecule has 4 aromatic rings. The molecule has 0 unspecified atom stereocenters. The second-order valence-corrected chi connectivity index (χ2v) is 7.66. The predicted molar refractivity (Wildman–Crippen MR) is 113 cm³/mol. The summed E-state index contributed by atoms with van der Waals surface area (Å²) in [6.07, 6.45) is 1.95. The monoisotopic (exact) mass is 408 g/mol. The Kier molecular flexibility index (Phi) is 5.32. The van der Waals surface area contributed by atoms with Crippen molar-refractivity contribution in [2.24, 2.45) is 0 Å². The highest BCUT2D eigenvalue weighted by molar-refractivity contribution is 7.98. The van der Waals surface area contributed by atoms with Crippen molar-refractivity contribution < 1.29 is 4.79 Å². The summed E-state index contributed by atoms with van der Waals surface area (Å²) in [7, 11) is 0. The third kappa shape index (κ3) is 4.03. The number of amides is 1. The van der Waals surface area contributed by atoms with Gasteiger partial charge in [0.25, 0.3) is 5.91 Å². The topological polar surface area (TPSA) is 59.3 Å². The van der Waals surface area contributed by atoms with Gasteiger partial charge >= 0.3 is 0 Å². The molecule has 0 radical (unpaired) electrons. The predicted octanol–water partition coefficient (Wildman–Crippen LogP) is 5.24. The van der Waals surface area contributed by atoms with Crippen molar-refractivity contribution in [1.82, 2.24) is 14.6 Å². The standard InChI is InChI=1S/C21H17ClN4OS/c1-14-12-17(9-10-18(14)22)23-20(27)16-7-5-15(6-8-16)13-28-21-25-24-19-4-2-3-11-26(19)21/h2-12H,13H2,1H3,(H,23,27). The molecule has 2 aromatic carbocycles. The smallest absolute Gasteiger partial charge is 0.255 e. The van der Waals surface area contributed by atoms with Crippen LogP contribution in [0.5, 0.6) is 0 Å². The van der Waals surface area contributed by atoms with Crippen molar-refractivity contribution in [2.45, 2.75) is 17.8 Å². The largest absolute Gasteiger partial charge is 0.322 e. The van der Waals surface area contributed by atoms with Crippen molar-refractivity contribution in [3.05, 3.63) is 88.6 Å². The molecule has 5 nitrogen and oxygen atoms in total. The van der Waals surface area contributed by atoms with Gasteiger partial charge < -0.3 is 5.32 Å². The lowest BCUT2D eigenvalue weighted by atomic mass is 10.1. The van der Waals surface area contributed by atoms with E-state index >= 15 is 0 Å². The molecule has 2 heterocycles. The minimum absolute atomic E-state index is 0.149. The number of halogens is 1. The first-order valence-electron chi connectivity index (χ1n) is 8.69. The van der Waals surface area contributed by atoms with Gasteiger partial charge in [0.05, 0.1) is 0 Å². The van der Waals surface area contributed by atoms with Gasteiger partial charge in [-0.2, -0.15) is 0 Å². The number of carbonyl (C=O) groups excluding carboxylic acids is 1. The van der Waals surface area contributed by atoms with E-state index < -0.39 is 0 Å². The Morgan fingerprint density at radius 1 is 1.11 bits per heavy atom. The van der Waals surface area contributed by atoms with Crippen LogP contribution < -0.4 is 5.32 Å². The maximum atomic E-state index is 12.4. The zero-order valence-electron chi connectivity index (χ0n) is 15.1. The first kappa shape index (κ1) is 18.5. The first-order chi connectivity index (χ1) is 13.6. The Morgan fingerprint density at radius 2 is 1.93 bits per heavy atom. The number of anilines is 1. The summed E-state index contributed by atoms with van der Waals surface area (Å²) in [4.78, 5) is 12.4. The highest BCUT2D eigenvalue weighted by Gasteiger charge is 2.09. The molecule has 1 N–H and O–H groups in total. The normalized spacial score (nSPS) is 10.9.